The van der Waals surface area contributed by atoms with Crippen LogP contribution in [0.25, 0.3) is 22.2 Å². The Morgan fingerprint density at radius 2 is 2.00 bits per heavy atom. The Bertz CT molecular complexity index is 1280. The third-order valence-corrected chi connectivity index (χ3v) is 4.72. The van der Waals surface area contributed by atoms with Crippen LogP contribution in [-0.2, 0) is 6.18 Å². The van der Waals surface area contributed by atoms with Gasteiger partial charge >= 0.3 is 6.18 Å². The van der Waals surface area contributed by atoms with Gasteiger partial charge in [0.2, 0.25) is 5.95 Å². The first-order valence-corrected chi connectivity index (χ1v) is 9.13. The second-order valence-electron chi connectivity index (χ2n) is 6.56. The zero-order chi connectivity index (χ0) is 21.5. The quantitative estimate of drug-likeness (QED) is 0.437. The molecule has 0 amide bonds. The van der Waals surface area contributed by atoms with Crippen LogP contribution in [0.2, 0.25) is 5.02 Å². The molecule has 30 heavy (non-hydrogen) atoms. The second kappa shape index (κ2) is 7.45. The molecule has 7 nitrogen and oxygen atoms in total. The van der Waals surface area contributed by atoms with Crippen molar-refractivity contribution < 1.29 is 13.2 Å². The summed E-state index contributed by atoms with van der Waals surface area (Å²) in [6.45, 7) is 1.72. The minimum Gasteiger partial charge on any atom is -0.347 e. The average molecular weight is 435 g/mol. The van der Waals surface area contributed by atoms with E-state index in [2.05, 4.69) is 30.5 Å². The lowest BCUT2D eigenvalue weighted by atomic mass is 10.1. The number of nitrogens with zero attached hydrogens (tertiary/aromatic N) is 3. The first kappa shape index (κ1) is 19.9. The zero-order valence-electron chi connectivity index (χ0n) is 15.4. The van der Waals surface area contributed by atoms with Gasteiger partial charge in [-0.3, -0.25) is 9.89 Å². The van der Waals surface area contributed by atoms with E-state index < -0.39 is 17.9 Å². The van der Waals surface area contributed by atoms with Crippen molar-refractivity contribution in [1.82, 2.24) is 25.1 Å². The number of halogens is 4. The third-order valence-electron chi connectivity index (χ3n) is 4.49. The highest BCUT2D eigenvalue weighted by Crippen LogP contribution is 2.34. The lowest BCUT2D eigenvalue weighted by Crippen LogP contribution is -2.20. The molecule has 11 heteroatoms. The van der Waals surface area contributed by atoms with E-state index in [1.807, 2.05) is 0 Å². The molecule has 0 unspecified atom stereocenters. The number of anilines is 1. The number of aromatic amines is 2. The Morgan fingerprint density at radius 3 is 2.77 bits per heavy atom. The fourth-order valence-corrected chi connectivity index (χ4v) is 3.25. The number of H-pyrrole nitrogens is 2. The summed E-state index contributed by atoms with van der Waals surface area (Å²) in [6.07, 6.45) is -2.17. The van der Waals surface area contributed by atoms with E-state index in [-0.39, 0.29) is 22.8 Å². The molecule has 3 N–H and O–H groups in total. The van der Waals surface area contributed by atoms with E-state index in [0.717, 1.165) is 11.6 Å². The smallest absolute Gasteiger partial charge is 0.347 e. The molecule has 0 fully saturated rings. The number of hydrogen-bond donors (Lipinski definition) is 3. The van der Waals surface area contributed by atoms with Crippen molar-refractivity contribution in [3.05, 3.63) is 69.4 Å². The second-order valence-corrected chi connectivity index (χ2v) is 7.00. The molecule has 0 radical (unpaired) electrons. The van der Waals surface area contributed by atoms with Crippen LogP contribution in [0, 0.1) is 0 Å². The van der Waals surface area contributed by atoms with Gasteiger partial charge in [0, 0.05) is 33.9 Å². The third kappa shape index (κ3) is 3.86. The molecule has 1 atom stereocenters. The molecular weight excluding hydrogens is 421 g/mol. The van der Waals surface area contributed by atoms with Gasteiger partial charge in [-0.05, 0) is 37.3 Å². The van der Waals surface area contributed by atoms with Crippen molar-refractivity contribution in [1.29, 1.82) is 0 Å². The summed E-state index contributed by atoms with van der Waals surface area (Å²) in [5.74, 6) is 0.0694. The minimum absolute atomic E-state index is 0.0416. The molecule has 0 aliphatic rings. The van der Waals surface area contributed by atoms with Crippen LogP contribution < -0.4 is 10.9 Å². The molecule has 4 aromatic rings. The standard InChI is InChI=1S/C19H14ClF3N6O/c1-9(12-7-10-6-11(20)2-3-14(10)27-17(12)30)26-18-24-5-4-15(28-18)13-8-25-29-16(13)19(21,22)23/h2-9H,1H3,(H,25,29)(H,27,30)(H,24,26,28)/t9-/m0/s1. The zero-order valence-corrected chi connectivity index (χ0v) is 16.1. The van der Waals surface area contributed by atoms with Gasteiger partial charge in [-0.25, -0.2) is 9.97 Å². The van der Waals surface area contributed by atoms with Gasteiger partial charge in [0.25, 0.3) is 5.56 Å². The lowest BCUT2D eigenvalue weighted by Gasteiger charge is -2.15. The fourth-order valence-electron chi connectivity index (χ4n) is 3.07. The molecule has 4 rings (SSSR count). The summed E-state index contributed by atoms with van der Waals surface area (Å²) in [5.41, 5.74) is -0.492. The van der Waals surface area contributed by atoms with Crippen LogP contribution in [0.5, 0.6) is 0 Å². The molecule has 1 aromatic carbocycles. The molecule has 0 saturated heterocycles. The van der Waals surface area contributed by atoms with Gasteiger partial charge in [0.15, 0.2) is 5.69 Å². The molecule has 0 spiro atoms. The summed E-state index contributed by atoms with van der Waals surface area (Å²) >= 11 is 6.02. The lowest BCUT2D eigenvalue weighted by molar-refractivity contribution is -0.140. The van der Waals surface area contributed by atoms with Gasteiger partial charge in [-0.1, -0.05) is 11.6 Å². The maximum Gasteiger partial charge on any atom is 0.435 e. The molecule has 0 saturated carbocycles. The number of pyridine rings is 1. The number of rotatable bonds is 4. The van der Waals surface area contributed by atoms with Gasteiger partial charge in [0.1, 0.15) is 0 Å². The number of nitrogens with one attached hydrogen (secondary N) is 3. The van der Waals surface area contributed by atoms with Crippen LogP contribution in [0.1, 0.15) is 24.2 Å². The van der Waals surface area contributed by atoms with Gasteiger partial charge in [0.05, 0.1) is 17.3 Å². The average Bonchev–Trinajstić information content (AvgIpc) is 3.18. The monoisotopic (exact) mass is 434 g/mol. The first-order chi connectivity index (χ1) is 14.2. The van der Waals surface area contributed by atoms with E-state index in [0.29, 0.717) is 16.1 Å². The van der Waals surface area contributed by atoms with Gasteiger partial charge in [-0.2, -0.15) is 18.3 Å². The summed E-state index contributed by atoms with van der Waals surface area (Å²) < 4.78 is 39.3. The maximum atomic E-state index is 13.1. The molecule has 0 bridgehead atoms. The largest absolute Gasteiger partial charge is 0.435 e. The Labute approximate surface area is 172 Å². The number of hydrogen-bond acceptors (Lipinski definition) is 5. The van der Waals surface area contributed by atoms with E-state index in [1.165, 1.54) is 12.3 Å². The van der Waals surface area contributed by atoms with Crippen molar-refractivity contribution in [2.75, 3.05) is 5.32 Å². The van der Waals surface area contributed by atoms with Crippen molar-refractivity contribution in [2.24, 2.45) is 0 Å². The van der Waals surface area contributed by atoms with Crippen molar-refractivity contribution in [3.63, 3.8) is 0 Å². The number of fused-ring (bicyclic) bond motifs is 1. The predicted molar refractivity (Wildman–Crippen MR) is 106 cm³/mol. The highest BCUT2D eigenvalue weighted by Gasteiger charge is 2.37. The number of benzene rings is 1. The highest BCUT2D eigenvalue weighted by atomic mass is 35.5. The van der Waals surface area contributed by atoms with E-state index in [1.54, 1.807) is 31.2 Å². The molecule has 154 valence electrons. The van der Waals surface area contributed by atoms with Crippen molar-refractivity contribution >= 4 is 28.5 Å². The van der Waals surface area contributed by atoms with Crippen LogP contribution in [0.15, 0.2) is 47.5 Å². The molecule has 0 aliphatic heterocycles. The molecule has 3 heterocycles. The Morgan fingerprint density at radius 1 is 1.20 bits per heavy atom. The Balaban J connectivity index is 1.65. The summed E-state index contributed by atoms with van der Waals surface area (Å²) in [7, 11) is 0. The summed E-state index contributed by atoms with van der Waals surface area (Å²) in [5, 5.41) is 9.70. The first-order valence-electron chi connectivity index (χ1n) is 8.76. The SMILES string of the molecule is C[C@H](Nc1nccc(-c2c[nH]nc2C(F)(F)F)n1)c1cc2cc(Cl)ccc2[nH]c1=O. The van der Waals surface area contributed by atoms with Crippen LogP contribution in [0.3, 0.4) is 0 Å². The van der Waals surface area contributed by atoms with Gasteiger partial charge < -0.3 is 10.3 Å². The number of alkyl halides is 3. The van der Waals surface area contributed by atoms with Gasteiger partial charge in [-0.15, -0.1) is 0 Å². The minimum atomic E-state index is -4.62. The Kier molecular flexibility index (Phi) is 4.94. The van der Waals surface area contributed by atoms with E-state index >= 15 is 0 Å². The Hall–Kier alpha value is -3.40. The van der Waals surface area contributed by atoms with Crippen LogP contribution >= 0.6 is 11.6 Å². The number of aromatic nitrogens is 5. The fraction of sp³-hybridized carbons (Fsp3) is 0.158. The summed E-state index contributed by atoms with van der Waals surface area (Å²) in [6, 6.07) is 7.61. The van der Waals surface area contributed by atoms with Crippen molar-refractivity contribution in [2.45, 2.75) is 19.1 Å². The predicted octanol–water partition coefficient (Wildman–Crippen LogP) is 4.55. The topological polar surface area (TPSA) is 99.3 Å². The van der Waals surface area contributed by atoms with Crippen LogP contribution in [0.4, 0.5) is 19.1 Å². The van der Waals surface area contributed by atoms with Crippen LogP contribution in [-0.4, -0.2) is 25.1 Å². The normalized spacial score (nSPS) is 12.8. The van der Waals surface area contributed by atoms with Crippen molar-refractivity contribution in [3.8, 4) is 11.3 Å². The highest BCUT2D eigenvalue weighted by molar-refractivity contribution is 6.31. The van der Waals surface area contributed by atoms with E-state index in [9.17, 15) is 18.0 Å². The molecule has 0 aliphatic carbocycles. The maximum absolute atomic E-state index is 13.1. The molecular formula is C19H14ClF3N6O. The summed E-state index contributed by atoms with van der Waals surface area (Å²) in [4.78, 5) is 23.4. The van der Waals surface area contributed by atoms with E-state index in [4.69, 9.17) is 11.6 Å². The molecule has 3 aromatic heterocycles.